The number of piperidine rings is 1. The van der Waals surface area contributed by atoms with Crippen LogP contribution in [-0.2, 0) is 14.8 Å². The second-order valence-electron chi connectivity index (χ2n) is 4.88. The van der Waals surface area contributed by atoms with Gasteiger partial charge in [0.15, 0.2) is 0 Å². The average molecular weight is 282 g/mol. The lowest BCUT2D eigenvalue weighted by Gasteiger charge is -2.29. The number of carbonyl (C=O) groups excluding carboxylic acids is 1. The summed E-state index contributed by atoms with van der Waals surface area (Å²) in [6, 6.07) is 6.34. The first kappa shape index (κ1) is 14.0. The zero-order valence-corrected chi connectivity index (χ0v) is 11.7. The van der Waals surface area contributed by atoms with E-state index in [2.05, 4.69) is 12.2 Å². The fourth-order valence-corrected chi connectivity index (χ4v) is 3.70. The summed E-state index contributed by atoms with van der Waals surface area (Å²) in [7, 11) is -3.45. The lowest BCUT2D eigenvalue weighted by molar-refractivity contribution is -0.105. The van der Waals surface area contributed by atoms with Crippen molar-refractivity contribution in [1.29, 1.82) is 0 Å². The van der Waals surface area contributed by atoms with Crippen LogP contribution in [0.25, 0.3) is 0 Å². The fourth-order valence-electron chi connectivity index (χ4n) is 2.19. The SMILES string of the molecule is CC1CCN(S(=O)(=O)c2cccc(NC=O)c2)CC1. The van der Waals surface area contributed by atoms with Crippen LogP contribution in [-0.4, -0.2) is 32.2 Å². The van der Waals surface area contributed by atoms with Crippen molar-refractivity contribution >= 4 is 22.1 Å². The Hall–Kier alpha value is -1.40. The summed E-state index contributed by atoms with van der Waals surface area (Å²) in [5, 5.41) is 2.47. The molecular weight excluding hydrogens is 264 g/mol. The maximum atomic E-state index is 12.5. The number of benzene rings is 1. The van der Waals surface area contributed by atoms with Gasteiger partial charge in [-0.05, 0) is 37.0 Å². The second kappa shape index (κ2) is 5.71. The van der Waals surface area contributed by atoms with Crippen molar-refractivity contribution in [2.45, 2.75) is 24.7 Å². The van der Waals surface area contributed by atoms with Crippen molar-refractivity contribution in [2.75, 3.05) is 18.4 Å². The lowest BCUT2D eigenvalue weighted by Crippen LogP contribution is -2.37. The molecule has 1 fully saturated rings. The van der Waals surface area contributed by atoms with Crippen LogP contribution in [0.15, 0.2) is 29.2 Å². The summed E-state index contributed by atoms with van der Waals surface area (Å²) in [6.07, 6.45) is 2.32. The van der Waals surface area contributed by atoms with E-state index in [1.54, 1.807) is 18.2 Å². The number of sulfonamides is 1. The Labute approximate surface area is 113 Å². The number of rotatable bonds is 4. The quantitative estimate of drug-likeness (QED) is 0.854. The highest BCUT2D eigenvalue weighted by atomic mass is 32.2. The molecule has 1 aliphatic rings. The van der Waals surface area contributed by atoms with E-state index in [1.807, 2.05) is 0 Å². The van der Waals surface area contributed by atoms with Crippen LogP contribution in [0.3, 0.4) is 0 Å². The molecule has 0 aromatic heterocycles. The Morgan fingerprint density at radius 2 is 2.00 bits per heavy atom. The number of anilines is 1. The first-order valence-electron chi connectivity index (χ1n) is 6.34. The summed E-state index contributed by atoms with van der Waals surface area (Å²) in [6.45, 7) is 3.27. The minimum atomic E-state index is -3.45. The summed E-state index contributed by atoms with van der Waals surface area (Å²) < 4.78 is 26.4. The molecule has 1 aromatic rings. The molecule has 1 amide bonds. The van der Waals surface area contributed by atoms with Gasteiger partial charge in [-0.25, -0.2) is 8.42 Å². The molecule has 0 bridgehead atoms. The molecule has 5 nitrogen and oxygen atoms in total. The molecular formula is C13H18N2O3S. The highest BCUT2D eigenvalue weighted by Gasteiger charge is 2.28. The van der Waals surface area contributed by atoms with E-state index < -0.39 is 10.0 Å². The molecule has 1 N–H and O–H groups in total. The molecule has 0 spiro atoms. The third kappa shape index (κ3) is 3.13. The third-order valence-electron chi connectivity index (χ3n) is 3.44. The zero-order chi connectivity index (χ0) is 13.9. The molecule has 0 aliphatic carbocycles. The van der Waals surface area contributed by atoms with Crippen molar-refractivity contribution in [2.24, 2.45) is 5.92 Å². The predicted molar refractivity (Wildman–Crippen MR) is 73.3 cm³/mol. The van der Waals surface area contributed by atoms with E-state index in [4.69, 9.17) is 0 Å². The molecule has 104 valence electrons. The van der Waals surface area contributed by atoms with Gasteiger partial charge in [0, 0.05) is 18.8 Å². The Morgan fingerprint density at radius 3 is 2.63 bits per heavy atom. The van der Waals surface area contributed by atoms with Gasteiger partial charge in [-0.1, -0.05) is 13.0 Å². The van der Waals surface area contributed by atoms with Crippen LogP contribution in [0.1, 0.15) is 19.8 Å². The topological polar surface area (TPSA) is 66.5 Å². The van der Waals surface area contributed by atoms with Crippen molar-refractivity contribution < 1.29 is 13.2 Å². The van der Waals surface area contributed by atoms with E-state index in [0.717, 1.165) is 12.8 Å². The van der Waals surface area contributed by atoms with Crippen LogP contribution in [0, 0.1) is 5.92 Å². The van der Waals surface area contributed by atoms with Gasteiger partial charge in [0.1, 0.15) is 0 Å². The highest BCUT2D eigenvalue weighted by molar-refractivity contribution is 7.89. The highest BCUT2D eigenvalue weighted by Crippen LogP contribution is 2.24. The summed E-state index contributed by atoms with van der Waals surface area (Å²) in [4.78, 5) is 10.6. The smallest absolute Gasteiger partial charge is 0.243 e. The van der Waals surface area contributed by atoms with E-state index in [-0.39, 0.29) is 4.90 Å². The van der Waals surface area contributed by atoms with Gasteiger partial charge in [-0.3, -0.25) is 4.79 Å². The number of amides is 1. The van der Waals surface area contributed by atoms with Crippen LogP contribution >= 0.6 is 0 Å². The van der Waals surface area contributed by atoms with Crippen molar-refractivity contribution in [3.05, 3.63) is 24.3 Å². The molecule has 0 radical (unpaired) electrons. The van der Waals surface area contributed by atoms with Gasteiger partial charge >= 0.3 is 0 Å². The fraction of sp³-hybridized carbons (Fsp3) is 0.462. The number of hydrogen-bond acceptors (Lipinski definition) is 3. The minimum Gasteiger partial charge on any atom is -0.329 e. The first-order chi connectivity index (χ1) is 9.04. The third-order valence-corrected chi connectivity index (χ3v) is 5.33. The first-order valence-corrected chi connectivity index (χ1v) is 7.78. The Balaban J connectivity index is 2.23. The predicted octanol–water partition coefficient (Wildman–Crippen LogP) is 1.68. The minimum absolute atomic E-state index is 0.230. The normalized spacial score (nSPS) is 18.2. The number of carbonyl (C=O) groups is 1. The molecule has 0 atom stereocenters. The molecule has 19 heavy (non-hydrogen) atoms. The molecule has 1 aliphatic heterocycles. The van der Waals surface area contributed by atoms with Crippen LogP contribution < -0.4 is 5.32 Å². The average Bonchev–Trinajstić information content (AvgIpc) is 2.40. The maximum Gasteiger partial charge on any atom is 0.243 e. The van der Waals surface area contributed by atoms with Crippen molar-refractivity contribution in [3.63, 3.8) is 0 Å². The van der Waals surface area contributed by atoms with E-state index in [0.29, 0.717) is 31.1 Å². The van der Waals surface area contributed by atoms with Crippen LogP contribution in [0.2, 0.25) is 0 Å². The summed E-state index contributed by atoms with van der Waals surface area (Å²) >= 11 is 0. The second-order valence-corrected chi connectivity index (χ2v) is 6.81. The molecule has 1 heterocycles. The monoisotopic (exact) mass is 282 g/mol. The van der Waals surface area contributed by atoms with Gasteiger partial charge in [-0.2, -0.15) is 4.31 Å². The Kier molecular flexibility index (Phi) is 4.21. The standard InChI is InChI=1S/C13H18N2O3S/c1-11-5-7-15(8-6-11)19(17,18)13-4-2-3-12(9-13)14-10-16/h2-4,9-11H,5-8H2,1H3,(H,14,16). The Bertz CT molecular complexity index is 549. The van der Waals surface area contributed by atoms with Gasteiger partial charge < -0.3 is 5.32 Å². The maximum absolute atomic E-state index is 12.5. The molecule has 1 aromatic carbocycles. The van der Waals surface area contributed by atoms with Gasteiger partial charge in [0.05, 0.1) is 4.90 Å². The summed E-state index contributed by atoms with van der Waals surface area (Å²) in [5.74, 6) is 0.578. The van der Waals surface area contributed by atoms with E-state index in [9.17, 15) is 13.2 Å². The van der Waals surface area contributed by atoms with E-state index >= 15 is 0 Å². The molecule has 2 rings (SSSR count). The van der Waals surface area contributed by atoms with Crippen molar-refractivity contribution in [1.82, 2.24) is 4.31 Å². The van der Waals surface area contributed by atoms with Gasteiger partial charge in [0.2, 0.25) is 16.4 Å². The number of hydrogen-bond donors (Lipinski definition) is 1. The van der Waals surface area contributed by atoms with Crippen LogP contribution in [0.4, 0.5) is 5.69 Å². The summed E-state index contributed by atoms with van der Waals surface area (Å²) in [5.41, 5.74) is 0.487. The molecule has 0 unspecified atom stereocenters. The van der Waals surface area contributed by atoms with Gasteiger partial charge in [-0.15, -0.1) is 0 Å². The van der Waals surface area contributed by atoms with Crippen molar-refractivity contribution in [3.8, 4) is 0 Å². The zero-order valence-electron chi connectivity index (χ0n) is 10.9. The van der Waals surface area contributed by atoms with Gasteiger partial charge in [0.25, 0.3) is 0 Å². The largest absolute Gasteiger partial charge is 0.329 e. The molecule has 0 saturated carbocycles. The van der Waals surface area contributed by atoms with E-state index in [1.165, 1.54) is 10.4 Å². The lowest BCUT2D eigenvalue weighted by atomic mass is 10.0. The Morgan fingerprint density at radius 1 is 1.32 bits per heavy atom. The number of nitrogens with zero attached hydrogens (tertiary/aromatic N) is 1. The number of nitrogens with one attached hydrogen (secondary N) is 1. The van der Waals surface area contributed by atoms with Crippen LogP contribution in [0.5, 0.6) is 0 Å². The molecule has 6 heteroatoms. The molecule has 1 saturated heterocycles.